The van der Waals surface area contributed by atoms with Crippen molar-refractivity contribution in [2.75, 3.05) is 25.0 Å². The summed E-state index contributed by atoms with van der Waals surface area (Å²) in [4.78, 5) is 19.1. The van der Waals surface area contributed by atoms with E-state index in [1.54, 1.807) is 11.0 Å². The minimum atomic E-state index is -0.371. The average Bonchev–Trinajstić information content (AvgIpc) is 3.14. The van der Waals surface area contributed by atoms with Crippen molar-refractivity contribution in [1.82, 2.24) is 9.88 Å². The molecule has 1 fully saturated rings. The number of thiazole rings is 1. The quantitative estimate of drug-likeness (QED) is 0.669. The highest BCUT2D eigenvalue weighted by atomic mass is 32.1. The second-order valence-corrected chi connectivity index (χ2v) is 8.59. The summed E-state index contributed by atoms with van der Waals surface area (Å²) < 4.78 is 14.9. The summed E-state index contributed by atoms with van der Waals surface area (Å²) in [6, 6.07) is 11.9. The second kappa shape index (κ2) is 7.48. The summed E-state index contributed by atoms with van der Waals surface area (Å²) in [6.07, 6.45) is 1.51. The number of halogens is 1. The molecule has 0 atom stereocenters. The lowest BCUT2D eigenvalue weighted by Crippen LogP contribution is -2.45. The molecule has 2 N–H and O–H groups in total. The highest BCUT2D eigenvalue weighted by Gasteiger charge is 2.31. The number of carbonyl (C=O) groups excluding carboxylic acids is 1. The molecule has 4 rings (SSSR count). The van der Waals surface area contributed by atoms with Crippen molar-refractivity contribution < 1.29 is 14.3 Å². The molecule has 28 heavy (non-hydrogen) atoms. The van der Waals surface area contributed by atoms with E-state index in [1.165, 1.54) is 23.5 Å². The lowest BCUT2D eigenvalue weighted by Gasteiger charge is -2.38. The molecule has 146 valence electrons. The molecule has 7 heteroatoms. The number of para-hydroxylation sites is 1. The van der Waals surface area contributed by atoms with Gasteiger partial charge in [0.15, 0.2) is 0 Å². The van der Waals surface area contributed by atoms with Gasteiger partial charge in [0.1, 0.15) is 10.8 Å². The zero-order valence-electron chi connectivity index (χ0n) is 15.6. The SMILES string of the molecule is CC1(CO)CCN(C(=O)Nc2ccc(F)cc2-c2nc3ccccc3s2)CC1. The monoisotopic (exact) mass is 399 g/mol. The molecule has 1 aromatic heterocycles. The van der Waals surface area contributed by atoms with Crippen molar-refractivity contribution in [1.29, 1.82) is 0 Å². The van der Waals surface area contributed by atoms with Gasteiger partial charge in [-0.15, -0.1) is 11.3 Å². The number of benzene rings is 2. The van der Waals surface area contributed by atoms with E-state index in [4.69, 9.17) is 0 Å². The summed E-state index contributed by atoms with van der Waals surface area (Å²) in [5, 5.41) is 13.1. The first-order valence-corrected chi connectivity index (χ1v) is 10.1. The van der Waals surface area contributed by atoms with Crippen LogP contribution in [0.4, 0.5) is 14.9 Å². The number of aliphatic hydroxyl groups excluding tert-OH is 1. The predicted molar refractivity (Wildman–Crippen MR) is 110 cm³/mol. The molecule has 2 amide bonds. The molecule has 5 nitrogen and oxygen atoms in total. The Morgan fingerprint density at radius 1 is 1.29 bits per heavy atom. The van der Waals surface area contributed by atoms with Gasteiger partial charge in [-0.3, -0.25) is 0 Å². The molecule has 2 aromatic carbocycles. The van der Waals surface area contributed by atoms with Crippen LogP contribution in [0.2, 0.25) is 0 Å². The summed E-state index contributed by atoms with van der Waals surface area (Å²) in [6.45, 7) is 3.33. The highest BCUT2D eigenvalue weighted by molar-refractivity contribution is 7.21. The normalized spacial score (nSPS) is 16.3. The number of amides is 2. The van der Waals surface area contributed by atoms with Crippen LogP contribution in [0.3, 0.4) is 0 Å². The molecule has 2 heterocycles. The minimum absolute atomic E-state index is 0.126. The Bertz CT molecular complexity index is 979. The van der Waals surface area contributed by atoms with E-state index >= 15 is 0 Å². The Labute approximate surface area is 166 Å². The highest BCUT2D eigenvalue weighted by Crippen LogP contribution is 2.36. The molecule has 3 aromatic rings. The Hall–Kier alpha value is -2.51. The maximum atomic E-state index is 13.9. The molecule has 0 radical (unpaired) electrons. The van der Waals surface area contributed by atoms with Crippen molar-refractivity contribution in [3.63, 3.8) is 0 Å². The van der Waals surface area contributed by atoms with Crippen LogP contribution in [0.5, 0.6) is 0 Å². The maximum Gasteiger partial charge on any atom is 0.321 e. The summed E-state index contributed by atoms with van der Waals surface area (Å²) in [5.41, 5.74) is 1.84. The van der Waals surface area contributed by atoms with Crippen molar-refractivity contribution in [3.8, 4) is 10.6 Å². The van der Waals surface area contributed by atoms with Crippen molar-refractivity contribution in [2.24, 2.45) is 5.41 Å². The Morgan fingerprint density at radius 2 is 2.04 bits per heavy atom. The van der Waals surface area contributed by atoms with E-state index in [-0.39, 0.29) is 23.9 Å². The average molecular weight is 399 g/mol. The number of aliphatic hydroxyl groups is 1. The molecule has 0 aliphatic carbocycles. The molecule has 0 bridgehead atoms. The molecular formula is C21H22FN3O2S. The molecule has 0 spiro atoms. The van der Waals surface area contributed by atoms with Crippen molar-refractivity contribution in [2.45, 2.75) is 19.8 Å². The van der Waals surface area contributed by atoms with E-state index < -0.39 is 0 Å². The van der Waals surface area contributed by atoms with Gasteiger partial charge in [0.25, 0.3) is 0 Å². The van der Waals surface area contributed by atoms with Crippen molar-refractivity contribution >= 4 is 33.3 Å². The topological polar surface area (TPSA) is 65.5 Å². The number of nitrogens with zero attached hydrogens (tertiary/aromatic N) is 2. The summed E-state index contributed by atoms with van der Waals surface area (Å²) in [7, 11) is 0. The Kier molecular flexibility index (Phi) is 5.03. The standard InChI is InChI=1S/C21H22FN3O2S/c1-21(13-26)8-10-25(11-9-21)20(27)24-16-7-6-14(22)12-15(16)19-23-17-4-2-3-5-18(17)28-19/h2-7,12,26H,8-11,13H2,1H3,(H,24,27). The number of carbonyl (C=O) groups is 1. The van der Waals surface area contributed by atoms with Crippen LogP contribution < -0.4 is 5.32 Å². The minimum Gasteiger partial charge on any atom is -0.396 e. The van der Waals surface area contributed by atoms with Gasteiger partial charge in [0.05, 0.1) is 15.9 Å². The van der Waals surface area contributed by atoms with Crippen LogP contribution in [0.1, 0.15) is 19.8 Å². The van der Waals surface area contributed by atoms with Crippen LogP contribution in [-0.4, -0.2) is 40.7 Å². The van der Waals surface area contributed by atoms with Gasteiger partial charge in [0.2, 0.25) is 0 Å². The van der Waals surface area contributed by atoms with Gasteiger partial charge in [-0.1, -0.05) is 19.1 Å². The maximum absolute atomic E-state index is 13.9. The summed E-state index contributed by atoms with van der Waals surface area (Å²) >= 11 is 1.47. The van der Waals surface area contributed by atoms with Gasteiger partial charge >= 0.3 is 6.03 Å². The largest absolute Gasteiger partial charge is 0.396 e. The smallest absolute Gasteiger partial charge is 0.321 e. The van der Waals surface area contributed by atoms with Crippen LogP contribution >= 0.6 is 11.3 Å². The third-order valence-electron chi connectivity index (χ3n) is 5.39. The number of urea groups is 1. The first-order chi connectivity index (χ1) is 13.5. The predicted octanol–water partition coefficient (Wildman–Crippen LogP) is 4.73. The zero-order valence-corrected chi connectivity index (χ0v) is 16.4. The first-order valence-electron chi connectivity index (χ1n) is 9.30. The number of fused-ring (bicyclic) bond motifs is 1. The lowest BCUT2D eigenvalue weighted by molar-refractivity contribution is 0.0728. The van der Waals surface area contributed by atoms with Gasteiger partial charge in [0, 0.05) is 25.3 Å². The van der Waals surface area contributed by atoms with Crippen LogP contribution in [0.25, 0.3) is 20.8 Å². The van der Waals surface area contributed by atoms with Gasteiger partial charge in [-0.25, -0.2) is 14.2 Å². The zero-order chi connectivity index (χ0) is 19.7. The van der Waals surface area contributed by atoms with Gasteiger partial charge in [-0.05, 0) is 48.6 Å². The van der Waals surface area contributed by atoms with Gasteiger partial charge in [-0.2, -0.15) is 0 Å². The first kappa shape index (κ1) is 18.8. The number of nitrogens with one attached hydrogen (secondary N) is 1. The molecule has 0 unspecified atom stereocenters. The molecule has 1 aliphatic heterocycles. The fraction of sp³-hybridized carbons (Fsp3) is 0.333. The van der Waals surface area contributed by atoms with E-state index in [0.717, 1.165) is 23.1 Å². The molecule has 1 aliphatic rings. The van der Waals surface area contributed by atoms with E-state index in [0.29, 0.717) is 29.3 Å². The lowest BCUT2D eigenvalue weighted by atomic mass is 9.81. The number of likely N-dealkylation sites (tertiary alicyclic amines) is 1. The van der Waals surface area contributed by atoms with Crippen LogP contribution in [-0.2, 0) is 0 Å². The third-order valence-corrected chi connectivity index (χ3v) is 6.46. The number of hydrogen-bond acceptors (Lipinski definition) is 4. The van der Waals surface area contributed by atoms with Crippen LogP contribution in [0.15, 0.2) is 42.5 Å². The fourth-order valence-electron chi connectivity index (χ4n) is 3.39. The number of hydrogen-bond donors (Lipinski definition) is 2. The van der Waals surface area contributed by atoms with E-state index in [9.17, 15) is 14.3 Å². The van der Waals surface area contributed by atoms with E-state index in [1.807, 2.05) is 31.2 Å². The molecular weight excluding hydrogens is 377 g/mol. The Balaban J connectivity index is 1.58. The van der Waals surface area contributed by atoms with Crippen LogP contribution in [0, 0.1) is 11.2 Å². The number of rotatable bonds is 3. The number of anilines is 1. The third kappa shape index (κ3) is 3.72. The van der Waals surface area contributed by atoms with Gasteiger partial charge < -0.3 is 15.3 Å². The fourth-order valence-corrected chi connectivity index (χ4v) is 4.39. The Morgan fingerprint density at radius 3 is 2.75 bits per heavy atom. The van der Waals surface area contributed by atoms with Crippen molar-refractivity contribution in [3.05, 3.63) is 48.3 Å². The number of piperidine rings is 1. The molecule has 0 saturated carbocycles. The second-order valence-electron chi connectivity index (χ2n) is 7.56. The summed E-state index contributed by atoms with van der Waals surface area (Å²) in [5.74, 6) is -0.371. The molecule has 1 saturated heterocycles. The number of aromatic nitrogens is 1. The van der Waals surface area contributed by atoms with E-state index in [2.05, 4.69) is 10.3 Å².